The standard InChI is InChI=1S/C35H63N7O13/c1-33(2,3)53-30(48)36-26(43)22-39-10-11-40(23-27(44)37-31(49)54-34(4,5)6)15-20-52-21-17-42(25-29(46)47)13-12-41(16-19-51-18-14-39)24-28(45)38-32(50)55-35(7,8)9/h10-25H2,1-9H3,(H,46,47)(H,36,43,48)(H,37,44,49)(H,38,45,50). The Kier molecular flexibility index (Phi) is 21.3. The third-order valence-corrected chi connectivity index (χ3v) is 7.05. The predicted molar refractivity (Wildman–Crippen MR) is 198 cm³/mol. The van der Waals surface area contributed by atoms with Gasteiger partial charge in [-0.3, -0.25) is 54.7 Å². The maximum Gasteiger partial charge on any atom is 0.414 e. The molecular weight excluding hydrogens is 726 g/mol. The molecule has 0 spiro atoms. The smallest absolute Gasteiger partial charge is 0.414 e. The van der Waals surface area contributed by atoms with Gasteiger partial charge in [0, 0.05) is 52.4 Å². The molecule has 1 aliphatic rings. The van der Waals surface area contributed by atoms with Crippen LogP contribution in [-0.2, 0) is 42.9 Å². The van der Waals surface area contributed by atoms with Crippen molar-refractivity contribution in [2.75, 3.05) is 105 Å². The summed E-state index contributed by atoms with van der Waals surface area (Å²) in [6.45, 7) is 16.5. The Morgan fingerprint density at radius 3 is 0.909 bits per heavy atom. The van der Waals surface area contributed by atoms with Crippen molar-refractivity contribution in [3.8, 4) is 0 Å². The molecule has 1 aliphatic heterocycles. The summed E-state index contributed by atoms with van der Waals surface area (Å²) < 4.78 is 27.3. The molecule has 55 heavy (non-hydrogen) atoms. The summed E-state index contributed by atoms with van der Waals surface area (Å²) in [5.41, 5.74) is -2.44. The van der Waals surface area contributed by atoms with Gasteiger partial charge >= 0.3 is 24.2 Å². The number of carbonyl (C=O) groups is 7. The first-order chi connectivity index (χ1) is 25.4. The maximum atomic E-state index is 12.9. The van der Waals surface area contributed by atoms with E-state index in [1.165, 1.54) is 0 Å². The number of nitrogens with zero attached hydrogens (tertiary/aromatic N) is 4. The van der Waals surface area contributed by atoms with Crippen LogP contribution >= 0.6 is 0 Å². The summed E-state index contributed by atoms with van der Waals surface area (Å²) in [7, 11) is 0. The number of rotatable bonds is 8. The molecule has 20 heteroatoms. The number of hydrogen-bond acceptors (Lipinski definition) is 16. The summed E-state index contributed by atoms with van der Waals surface area (Å²) in [4.78, 5) is 93.5. The van der Waals surface area contributed by atoms with Crippen LogP contribution in [0.2, 0.25) is 0 Å². The summed E-state index contributed by atoms with van der Waals surface area (Å²) >= 11 is 0. The number of carbonyl (C=O) groups excluding carboxylic acids is 6. The number of carboxylic acid groups (broad SMARTS) is 1. The SMILES string of the molecule is CC(C)(C)OC(=O)NC(=O)CN1CCOCCN(CC(=O)NC(=O)OC(C)(C)C)CCN(CC(=O)NC(=O)OC(C)(C)C)CCOCCN(CC(=O)O)CC1. The van der Waals surface area contributed by atoms with Crippen molar-refractivity contribution < 1.29 is 62.4 Å². The Morgan fingerprint density at radius 2 is 0.691 bits per heavy atom. The molecule has 0 unspecified atom stereocenters. The van der Waals surface area contributed by atoms with E-state index < -0.39 is 58.8 Å². The lowest BCUT2D eigenvalue weighted by atomic mass is 10.2. The van der Waals surface area contributed by atoms with Crippen LogP contribution in [0.4, 0.5) is 14.4 Å². The second-order valence-corrected chi connectivity index (χ2v) is 15.9. The largest absolute Gasteiger partial charge is 0.480 e. The molecule has 1 fully saturated rings. The summed E-state index contributed by atoms with van der Waals surface area (Å²) in [5, 5.41) is 16.1. The second kappa shape index (κ2) is 23.9. The van der Waals surface area contributed by atoms with E-state index in [9.17, 15) is 38.7 Å². The Bertz CT molecular complexity index is 1280. The molecule has 0 aromatic carbocycles. The first kappa shape index (κ1) is 49.1. The van der Waals surface area contributed by atoms with Crippen molar-refractivity contribution >= 4 is 42.0 Å². The van der Waals surface area contributed by atoms with Crippen molar-refractivity contribution in [1.29, 1.82) is 0 Å². The molecule has 6 amide bonds. The van der Waals surface area contributed by atoms with Gasteiger partial charge in [0.25, 0.3) is 0 Å². The fraction of sp³-hybridized carbons (Fsp3) is 0.800. The van der Waals surface area contributed by atoms with Gasteiger partial charge in [0.1, 0.15) is 16.8 Å². The van der Waals surface area contributed by atoms with Gasteiger partial charge < -0.3 is 28.8 Å². The minimum atomic E-state index is -1.05. The monoisotopic (exact) mass is 789 g/mol. The Labute approximate surface area is 323 Å². The van der Waals surface area contributed by atoms with Crippen LogP contribution in [-0.4, -0.2) is 188 Å². The summed E-state index contributed by atoms with van der Waals surface area (Å²) in [5.74, 6) is -2.91. The van der Waals surface area contributed by atoms with Gasteiger partial charge in [0.2, 0.25) is 17.7 Å². The van der Waals surface area contributed by atoms with Gasteiger partial charge in [-0.2, -0.15) is 0 Å². The minimum absolute atomic E-state index is 0.130. The van der Waals surface area contributed by atoms with E-state index in [-0.39, 0.29) is 105 Å². The van der Waals surface area contributed by atoms with Crippen molar-refractivity contribution in [1.82, 2.24) is 35.6 Å². The highest BCUT2D eigenvalue weighted by atomic mass is 16.6. The van der Waals surface area contributed by atoms with Gasteiger partial charge in [-0.25, -0.2) is 14.4 Å². The lowest BCUT2D eigenvalue weighted by molar-refractivity contribution is -0.138. The Balaban J connectivity index is 3.15. The molecule has 4 N–H and O–H groups in total. The number of aliphatic carboxylic acids is 1. The molecule has 0 aromatic heterocycles. The van der Waals surface area contributed by atoms with Crippen LogP contribution in [0.5, 0.6) is 0 Å². The van der Waals surface area contributed by atoms with Gasteiger partial charge in [-0.1, -0.05) is 0 Å². The molecule has 0 radical (unpaired) electrons. The van der Waals surface area contributed by atoms with E-state index in [2.05, 4.69) is 16.0 Å². The van der Waals surface area contributed by atoms with Crippen molar-refractivity contribution in [3.63, 3.8) is 0 Å². The molecule has 1 heterocycles. The quantitative estimate of drug-likeness (QED) is 0.245. The summed E-state index contributed by atoms with van der Waals surface area (Å²) in [6.07, 6.45) is -2.68. The Morgan fingerprint density at radius 1 is 0.455 bits per heavy atom. The fourth-order valence-electron chi connectivity index (χ4n) is 4.80. The highest BCUT2D eigenvalue weighted by molar-refractivity contribution is 5.94. The number of carboxylic acids is 1. The second-order valence-electron chi connectivity index (χ2n) is 15.9. The van der Waals surface area contributed by atoms with Crippen LogP contribution in [0.25, 0.3) is 0 Å². The van der Waals surface area contributed by atoms with Crippen LogP contribution in [0, 0.1) is 0 Å². The Hall–Kier alpha value is -3.95. The normalized spacial score (nSPS) is 17.5. The van der Waals surface area contributed by atoms with Crippen LogP contribution in [0.3, 0.4) is 0 Å². The zero-order valence-corrected chi connectivity index (χ0v) is 33.9. The molecule has 20 nitrogen and oxygen atoms in total. The maximum absolute atomic E-state index is 12.9. The molecule has 0 atom stereocenters. The third kappa shape index (κ3) is 27.3. The molecule has 0 bridgehead atoms. The van der Waals surface area contributed by atoms with E-state index in [1.807, 2.05) is 0 Å². The average Bonchev–Trinajstić information content (AvgIpc) is 2.97. The van der Waals surface area contributed by atoms with E-state index >= 15 is 0 Å². The number of imide groups is 3. The molecule has 1 rings (SSSR count). The van der Waals surface area contributed by atoms with Gasteiger partial charge in [0.05, 0.1) is 52.6 Å². The van der Waals surface area contributed by atoms with E-state index in [0.29, 0.717) is 0 Å². The topological polar surface area (TPSA) is 235 Å². The highest BCUT2D eigenvalue weighted by Gasteiger charge is 2.24. The van der Waals surface area contributed by atoms with Crippen LogP contribution < -0.4 is 16.0 Å². The molecule has 0 saturated carbocycles. The number of nitrogens with one attached hydrogen (secondary N) is 3. The number of hydrogen-bond donors (Lipinski definition) is 4. The van der Waals surface area contributed by atoms with Gasteiger partial charge in [-0.05, 0) is 62.3 Å². The molecule has 0 aliphatic carbocycles. The van der Waals surface area contributed by atoms with Crippen molar-refractivity contribution in [2.24, 2.45) is 0 Å². The lowest BCUT2D eigenvalue weighted by Gasteiger charge is -2.29. The first-order valence-corrected chi connectivity index (χ1v) is 18.2. The minimum Gasteiger partial charge on any atom is -0.480 e. The zero-order valence-electron chi connectivity index (χ0n) is 33.9. The third-order valence-electron chi connectivity index (χ3n) is 7.05. The molecule has 316 valence electrons. The van der Waals surface area contributed by atoms with Crippen molar-refractivity contribution in [3.05, 3.63) is 0 Å². The average molecular weight is 790 g/mol. The van der Waals surface area contributed by atoms with Crippen molar-refractivity contribution in [2.45, 2.75) is 79.1 Å². The zero-order chi connectivity index (χ0) is 41.8. The first-order valence-electron chi connectivity index (χ1n) is 18.2. The predicted octanol–water partition coefficient (Wildman–Crippen LogP) is 0.480. The van der Waals surface area contributed by atoms with E-state index in [0.717, 1.165) is 0 Å². The number of ether oxygens (including phenoxy) is 5. The van der Waals surface area contributed by atoms with Crippen LogP contribution in [0.15, 0.2) is 0 Å². The molecular formula is C35H63N7O13. The number of alkyl carbamates (subject to hydrolysis) is 3. The molecule has 1 saturated heterocycles. The summed E-state index contributed by atoms with van der Waals surface area (Å²) in [6, 6.07) is 0. The van der Waals surface area contributed by atoms with E-state index in [4.69, 9.17) is 23.7 Å². The lowest BCUT2D eigenvalue weighted by Crippen LogP contribution is -2.48. The van der Waals surface area contributed by atoms with Gasteiger partial charge in [-0.15, -0.1) is 0 Å². The van der Waals surface area contributed by atoms with Crippen LogP contribution in [0.1, 0.15) is 62.3 Å². The number of amides is 6. The molecule has 0 aromatic rings. The fourth-order valence-corrected chi connectivity index (χ4v) is 4.80. The highest BCUT2D eigenvalue weighted by Crippen LogP contribution is 2.08. The van der Waals surface area contributed by atoms with E-state index in [1.54, 1.807) is 81.9 Å². The van der Waals surface area contributed by atoms with Gasteiger partial charge in [0.15, 0.2) is 0 Å².